The molecular formula is C9H17N. The summed E-state index contributed by atoms with van der Waals surface area (Å²) in [6, 6.07) is 0.657. The van der Waals surface area contributed by atoms with Crippen molar-refractivity contribution in [2.45, 2.75) is 32.7 Å². The van der Waals surface area contributed by atoms with E-state index in [2.05, 4.69) is 31.8 Å². The molecule has 1 N–H and O–H groups in total. The van der Waals surface area contributed by atoms with Crippen LogP contribution in [0.15, 0.2) is 12.7 Å². The van der Waals surface area contributed by atoms with Gasteiger partial charge in [0.15, 0.2) is 0 Å². The smallest absolute Gasteiger partial charge is 0.0153 e. The zero-order valence-electron chi connectivity index (χ0n) is 6.98. The quantitative estimate of drug-likeness (QED) is 0.577. The minimum absolute atomic E-state index is 0.274. The van der Waals surface area contributed by atoms with Gasteiger partial charge >= 0.3 is 0 Å². The van der Waals surface area contributed by atoms with Crippen molar-refractivity contribution < 1.29 is 0 Å². The molecule has 0 radical (unpaired) electrons. The largest absolute Gasteiger partial charge is 0.313 e. The molecule has 1 aliphatic heterocycles. The first kappa shape index (κ1) is 7.80. The first-order valence-corrected chi connectivity index (χ1v) is 4.04. The molecule has 1 heterocycles. The average molecular weight is 139 g/mol. The van der Waals surface area contributed by atoms with Crippen molar-refractivity contribution in [3.63, 3.8) is 0 Å². The molecule has 0 saturated carbocycles. The lowest BCUT2D eigenvalue weighted by Crippen LogP contribution is -2.35. The van der Waals surface area contributed by atoms with Crippen molar-refractivity contribution in [1.82, 2.24) is 5.32 Å². The molecule has 0 bridgehead atoms. The molecule has 0 aromatic rings. The van der Waals surface area contributed by atoms with Crippen molar-refractivity contribution in [3.05, 3.63) is 12.7 Å². The molecule has 10 heavy (non-hydrogen) atoms. The van der Waals surface area contributed by atoms with Crippen LogP contribution in [0.25, 0.3) is 0 Å². The summed E-state index contributed by atoms with van der Waals surface area (Å²) in [5.74, 6) is 0. The molecule has 1 saturated heterocycles. The van der Waals surface area contributed by atoms with E-state index in [-0.39, 0.29) is 5.41 Å². The van der Waals surface area contributed by atoms with Gasteiger partial charge in [-0.05, 0) is 24.8 Å². The molecule has 1 atom stereocenters. The van der Waals surface area contributed by atoms with Crippen LogP contribution in [0, 0.1) is 5.41 Å². The van der Waals surface area contributed by atoms with E-state index >= 15 is 0 Å². The second-order valence-corrected chi connectivity index (χ2v) is 3.67. The van der Waals surface area contributed by atoms with E-state index in [1.54, 1.807) is 0 Å². The summed E-state index contributed by atoms with van der Waals surface area (Å²) in [5.41, 5.74) is 0.274. The van der Waals surface area contributed by atoms with Crippen LogP contribution >= 0.6 is 0 Å². The van der Waals surface area contributed by atoms with Gasteiger partial charge in [-0.2, -0.15) is 0 Å². The van der Waals surface area contributed by atoms with Crippen molar-refractivity contribution in [2.75, 3.05) is 6.54 Å². The molecule has 1 aliphatic rings. The van der Waals surface area contributed by atoms with Crippen LogP contribution < -0.4 is 5.32 Å². The van der Waals surface area contributed by atoms with Crippen LogP contribution in [0.1, 0.15) is 26.7 Å². The topological polar surface area (TPSA) is 12.0 Å². The SMILES string of the molecule is C=CC(C)(C)[C@H]1CCCN1. The molecule has 0 aliphatic carbocycles. The Labute approximate surface area is 63.5 Å². The predicted molar refractivity (Wildman–Crippen MR) is 45.0 cm³/mol. The van der Waals surface area contributed by atoms with E-state index in [9.17, 15) is 0 Å². The molecule has 0 aromatic heterocycles. The molecule has 0 amide bonds. The lowest BCUT2D eigenvalue weighted by atomic mass is 9.84. The van der Waals surface area contributed by atoms with Crippen molar-refractivity contribution in [1.29, 1.82) is 0 Å². The first-order valence-electron chi connectivity index (χ1n) is 4.04. The Morgan fingerprint density at radius 2 is 2.30 bits per heavy atom. The van der Waals surface area contributed by atoms with E-state index in [1.165, 1.54) is 19.4 Å². The summed E-state index contributed by atoms with van der Waals surface area (Å²) in [4.78, 5) is 0. The van der Waals surface area contributed by atoms with Gasteiger partial charge in [-0.1, -0.05) is 19.9 Å². The number of rotatable bonds is 2. The van der Waals surface area contributed by atoms with Gasteiger partial charge in [-0.25, -0.2) is 0 Å². The van der Waals surface area contributed by atoms with Gasteiger partial charge in [0.25, 0.3) is 0 Å². The highest BCUT2D eigenvalue weighted by Crippen LogP contribution is 2.27. The molecule has 1 heteroatoms. The summed E-state index contributed by atoms with van der Waals surface area (Å²) >= 11 is 0. The monoisotopic (exact) mass is 139 g/mol. The van der Waals surface area contributed by atoms with Gasteiger partial charge in [0.1, 0.15) is 0 Å². The third-order valence-corrected chi connectivity index (χ3v) is 2.48. The third kappa shape index (κ3) is 1.40. The summed E-state index contributed by atoms with van der Waals surface area (Å²) < 4.78 is 0. The summed E-state index contributed by atoms with van der Waals surface area (Å²) in [6.07, 6.45) is 4.68. The van der Waals surface area contributed by atoms with Gasteiger partial charge in [0, 0.05) is 6.04 Å². The fraction of sp³-hybridized carbons (Fsp3) is 0.778. The van der Waals surface area contributed by atoms with Crippen LogP contribution in [0.3, 0.4) is 0 Å². The lowest BCUT2D eigenvalue weighted by molar-refractivity contribution is 0.342. The zero-order chi connectivity index (χ0) is 7.61. The van der Waals surface area contributed by atoms with Gasteiger partial charge in [0.05, 0.1) is 0 Å². The van der Waals surface area contributed by atoms with Gasteiger partial charge in [-0.15, -0.1) is 6.58 Å². The van der Waals surface area contributed by atoms with Crippen molar-refractivity contribution >= 4 is 0 Å². The minimum atomic E-state index is 0.274. The number of hydrogen-bond donors (Lipinski definition) is 1. The zero-order valence-corrected chi connectivity index (χ0v) is 6.98. The fourth-order valence-electron chi connectivity index (χ4n) is 1.46. The Hall–Kier alpha value is -0.300. The Kier molecular flexibility index (Phi) is 2.14. The Balaban J connectivity index is 2.53. The fourth-order valence-corrected chi connectivity index (χ4v) is 1.46. The van der Waals surface area contributed by atoms with Crippen LogP contribution in [0.4, 0.5) is 0 Å². The van der Waals surface area contributed by atoms with E-state index in [0.29, 0.717) is 6.04 Å². The molecule has 0 spiro atoms. The first-order chi connectivity index (χ1) is 4.67. The van der Waals surface area contributed by atoms with E-state index in [0.717, 1.165) is 0 Å². The van der Waals surface area contributed by atoms with E-state index in [4.69, 9.17) is 0 Å². The maximum atomic E-state index is 3.84. The van der Waals surface area contributed by atoms with Crippen LogP contribution in [-0.2, 0) is 0 Å². The van der Waals surface area contributed by atoms with Crippen molar-refractivity contribution in [2.24, 2.45) is 5.41 Å². The second-order valence-electron chi connectivity index (χ2n) is 3.67. The Morgan fingerprint density at radius 3 is 2.70 bits per heavy atom. The molecule has 1 rings (SSSR count). The second kappa shape index (κ2) is 2.75. The van der Waals surface area contributed by atoms with Crippen molar-refractivity contribution in [3.8, 4) is 0 Å². The minimum Gasteiger partial charge on any atom is -0.313 e. The highest BCUT2D eigenvalue weighted by Gasteiger charge is 2.28. The maximum Gasteiger partial charge on any atom is 0.0153 e. The highest BCUT2D eigenvalue weighted by atomic mass is 15.0. The molecule has 1 fully saturated rings. The third-order valence-electron chi connectivity index (χ3n) is 2.48. The molecule has 58 valence electrons. The maximum absolute atomic E-state index is 3.84. The summed E-state index contributed by atoms with van der Waals surface area (Å²) in [6.45, 7) is 9.50. The normalized spacial score (nSPS) is 26.8. The highest BCUT2D eigenvalue weighted by molar-refractivity contribution is 4.98. The van der Waals surface area contributed by atoms with Gasteiger partial charge in [-0.3, -0.25) is 0 Å². The van der Waals surface area contributed by atoms with E-state index < -0.39 is 0 Å². The summed E-state index contributed by atoms with van der Waals surface area (Å²) in [7, 11) is 0. The molecule has 1 nitrogen and oxygen atoms in total. The Bertz CT molecular complexity index is 121. The molecule has 0 aromatic carbocycles. The average Bonchev–Trinajstić information content (AvgIpc) is 2.38. The van der Waals surface area contributed by atoms with Crippen LogP contribution in [0.5, 0.6) is 0 Å². The van der Waals surface area contributed by atoms with Crippen LogP contribution in [-0.4, -0.2) is 12.6 Å². The molecule has 0 unspecified atom stereocenters. The lowest BCUT2D eigenvalue weighted by Gasteiger charge is -2.27. The standard InChI is InChI=1S/C9H17N/c1-4-9(2,3)8-6-5-7-10-8/h4,8,10H,1,5-7H2,2-3H3/t8-/m1/s1. The van der Waals surface area contributed by atoms with Crippen LogP contribution in [0.2, 0.25) is 0 Å². The number of hydrogen-bond acceptors (Lipinski definition) is 1. The Morgan fingerprint density at radius 1 is 1.60 bits per heavy atom. The number of nitrogens with one attached hydrogen (secondary N) is 1. The van der Waals surface area contributed by atoms with Gasteiger partial charge in [0.2, 0.25) is 0 Å². The molecular weight excluding hydrogens is 122 g/mol. The summed E-state index contributed by atoms with van der Waals surface area (Å²) in [5, 5.41) is 3.48. The van der Waals surface area contributed by atoms with Gasteiger partial charge < -0.3 is 5.32 Å². The predicted octanol–water partition coefficient (Wildman–Crippen LogP) is 1.95. The van der Waals surface area contributed by atoms with E-state index in [1.807, 2.05) is 0 Å².